The van der Waals surface area contributed by atoms with Gasteiger partial charge in [0.1, 0.15) is 0 Å². The van der Waals surface area contributed by atoms with Crippen molar-refractivity contribution in [2.45, 2.75) is 20.8 Å². The van der Waals surface area contributed by atoms with Gasteiger partial charge in [0.05, 0.1) is 18.5 Å². The van der Waals surface area contributed by atoms with Gasteiger partial charge >= 0.3 is 24.8 Å². The van der Waals surface area contributed by atoms with Crippen LogP contribution >= 0.6 is 18.1 Å². The van der Waals surface area contributed by atoms with Crippen LogP contribution in [0.2, 0.25) is 0 Å². The third kappa shape index (κ3) is 14.4. The van der Waals surface area contributed by atoms with Crippen molar-refractivity contribution in [3.63, 3.8) is 0 Å². The molecule has 0 saturated heterocycles. The minimum atomic E-state index is 0.137. The van der Waals surface area contributed by atoms with Crippen molar-refractivity contribution >= 4 is 18.1 Å². The van der Waals surface area contributed by atoms with Gasteiger partial charge in [-0.05, 0) is 28.7 Å². The average Bonchev–Trinajstić information content (AvgIpc) is 2.37. The minimum Gasteiger partial charge on any atom is -0.184 e. The van der Waals surface area contributed by atoms with Gasteiger partial charge in [0, 0.05) is 0 Å². The summed E-state index contributed by atoms with van der Waals surface area (Å²) in [6.07, 6.45) is 4.37. The SMILES string of the molecule is CC[PH+](CC)CC.[Cl][Ni].[c-]1ccccc1. The van der Waals surface area contributed by atoms with E-state index in [0.717, 1.165) is 0 Å². The molecule has 3 heteroatoms. The van der Waals surface area contributed by atoms with E-state index in [0.29, 0.717) is 0 Å². The molecule has 0 aromatic heterocycles. The molecule has 0 amide bonds. The van der Waals surface area contributed by atoms with Crippen molar-refractivity contribution in [3.8, 4) is 0 Å². The van der Waals surface area contributed by atoms with Crippen LogP contribution in [0.3, 0.4) is 0 Å². The molecular formula is C12H21ClNiP. The fraction of sp³-hybridized carbons (Fsp3) is 0.500. The van der Waals surface area contributed by atoms with Crippen LogP contribution in [-0.2, 0) is 14.6 Å². The summed E-state index contributed by atoms with van der Waals surface area (Å²) in [5.41, 5.74) is 0. The molecule has 0 aliphatic rings. The van der Waals surface area contributed by atoms with E-state index >= 15 is 0 Å². The smallest absolute Gasteiger partial charge is 0.171 e. The van der Waals surface area contributed by atoms with Crippen molar-refractivity contribution in [1.29, 1.82) is 0 Å². The molecule has 0 spiro atoms. The summed E-state index contributed by atoms with van der Waals surface area (Å²) >= 11 is 3.35. The van der Waals surface area contributed by atoms with Gasteiger partial charge in [-0.2, -0.15) is 36.4 Å². The van der Waals surface area contributed by atoms with E-state index in [1.165, 1.54) is 18.5 Å². The van der Waals surface area contributed by atoms with E-state index in [9.17, 15) is 0 Å². The summed E-state index contributed by atoms with van der Waals surface area (Å²) in [5.74, 6) is 0. The summed E-state index contributed by atoms with van der Waals surface area (Å²) in [7, 11) is 4.40. The molecule has 0 unspecified atom stereocenters. The van der Waals surface area contributed by atoms with Gasteiger partial charge in [-0.25, -0.2) is 0 Å². The van der Waals surface area contributed by atoms with Gasteiger partial charge in [-0.1, -0.05) is 0 Å². The molecule has 1 aromatic carbocycles. The van der Waals surface area contributed by atoms with E-state index < -0.39 is 0 Å². The van der Waals surface area contributed by atoms with E-state index in [4.69, 9.17) is 0 Å². The Balaban J connectivity index is 0. The van der Waals surface area contributed by atoms with Gasteiger partial charge < -0.3 is 0 Å². The maximum Gasteiger partial charge on any atom is -0.171 e. The topological polar surface area (TPSA) is 0 Å². The predicted molar refractivity (Wildman–Crippen MR) is 71.1 cm³/mol. The molecule has 0 aliphatic carbocycles. The average molecular weight is 290 g/mol. The molecule has 1 aromatic rings. The molecule has 0 aliphatic heterocycles. The van der Waals surface area contributed by atoms with E-state index in [2.05, 4.69) is 51.6 Å². The molecular weight excluding hydrogens is 269 g/mol. The van der Waals surface area contributed by atoms with Crippen LogP contribution in [0.1, 0.15) is 20.8 Å². The van der Waals surface area contributed by atoms with E-state index in [1.54, 1.807) is 0 Å². The first-order valence-corrected chi connectivity index (χ1v) is 8.69. The Kier molecular flexibility index (Phi) is 20.0. The second-order valence-electron chi connectivity index (χ2n) is 2.89. The largest absolute Gasteiger partial charge is 0.184 e. The molecule has 91 valence electrons. The number of hydrogen-bond donors (Lipinski definition) is 0. The maximum absolute atomic E-state index is 4.26. The summed E-state index contributed by atoms with van der Waals surface area (Å²) in [6.45, 7) is 6.92. The summed E-state index contributed by atoms with van der Waals surface area (Å²) in [5, 5.41) is 0. The van der Waals surface area contributed by atoms with Crippen molar-refractivity contribution in [2.24, 2.45) is 0 Å². The molecule has 0 N–H and O–H groups in total. The van der Waals surface area contributed by atoms with Gasteiger partial charge in [-0.3, -0.25) is 0 Å². The zero-order valence-electron chi connectivity index (χ0n) is 9.70. The molecule has 0 nitrogen and oxygen atoms in total. The van der Waals surface area contributed by atoms with Crippen molar-refractivity contribution in [3.05, 3.63) is 36.4 Å². The quantitative estimate of drug-likeness (QED) is 0.439. The minimum absolute atomic E-state index is 0.137. The third-order valence-electron chi connectivity index (χ3n) is 2.11. The second-order valence-corrected chi connectivity index (χ2v) is 6.51. The monoisotopic (exact) mass is 289 g/mol. The molecule has 0 heterocycles. The van der Waals surface area contributed by atoms with Crippen LogP contribution in [0.5, 0.6) is 0 Å². The molecule has 0 radical (unpaired) electrons. The van der Waals surface area contributed by atoms with Crippen LogP contribution in [0.4, 0.5) is 0 Å². The van der Waals surface area contributed by atoms with Crippen LogP contribution in [0.15, 0.2) is 30.3 Å². The Morgan fingerprint density at radius 1 is 0.933 bits per heavy atom. The molecule has 0 fully saturated rings. The summed E-state index contributed by atoms with van der Waals surface area (Å²) < 4.78 is 0. The van der Waals surface area contributed by atoms with Crippen molar-refractivity contribution in [1.82, 2.24) is 0 Å². The number of rotatable bonds is 3. The first-order chi connectivity index (χ1) is 7.35. The first-order valence-electron chi connectivity index (χ1n) is 5.21. The van der Waals surface area contributed by atoms with E-state index in [1.807, 2.05) is 30.3 Å². The van der Waals surface area contributed by atoms with Crippen molar-refractivity contribution < 1.29 is 14.6 Å². The van der Waals surface area contributed by atoms with Crippen LogP contribution in [0.25, 0.3) is 0 Å². The Morgan fingerprint density at radius 2 is 1.33 bits per heavy atom. The molecule has 0 saturated carbocycles. The third-order valence-corrected chi connectivity index (χ3v) is 5.11. The zero-order chi connectivity index (χ0) is 11.9. The van der Waals surface area contributed by atoms with Crippen molar-refractivity contribution in [2.75, 3.05) is 18.5 Å². The second kappa shape index (κ2) is 16.8. The Morgan fingerprint density at radius 3 is 1.40 bits per heavy atom. The van der Waals surface area contributed by atoms with Gasteiger partial charge in [0.25, 0.3) is 0 Å². The standard InChI is InChI=1S/C6H15P.C6H5.ClH.Ni/c1-4-7(5-2)6-3;1-2-4-6-5-3-1;;/h4-6H2,1-3H3;1-5H;1H;/q;-1;;+1. The molecule has 0 bridgehead atoms. The Bertz CT molecular complexity index is 146. The van der Waals surface area contributed by atoms with Crippen LogP contribution in [0, 0.1) is 6.07 Å². The summed E-state index contributed by atoms with van der Waals surface area (Å²) in [4.78, 5) is 0. The summed E-state index contributed by atoms with van der Waals surface area (Å²) in [6, 6.07) is 12.5. The zero-order valence-corrected chi connectivity index (χ0v) is 12.4. The van der Waals surface area contributed by atoms with Gasteiger partial charge in [-0.15, -0.1) is 0 Å². The molecule has 0 atom stereocenters. The van der Waals surface area contributed by atoms with Crippen LogP contribution < -0.4 is 0 Å². The number of halogens is 1. The van der Waals surface area contributed by atoms with Gasteiger partial charge in [0.2, 0.25) is 0 Å². The number of hydrogen-bond acceptors (Lipinski definition) is 0. The normalized spacial score (nSPS) is 8.47. The Labute approximate surface area is 108 Å². The predicted octanol–water partition coefficient (Wildman–Crippen LogP) is 4.43. The van der Waals surface area contributed by atoms with Crippen LogP contribution in [-0.4, -0.2) is 18.5 Å². The molecule has 15 heavy (non-hydrogen) atoms. The fourth-order valence-electron chi connectivity index (χ4n) is 1.09. The first kappa shape index (κ1) is 17.8. The molecule has 1 rings (SSSR count). The number of benzene rings is 1. The maximum atomic E-state index is 4.26. The Hall–Kier alpha value is 0.434. The van der Waals surface area contributed by atoms with E-state index in [-0.39, 0.29) is 7.92 Å². The van der Waals surface area contributed by atoms with Gasteiger partial charge in [0.15, 0.2) is 0 Å². The fourth-order valence-corrected chi connectivity index (χ4v) is 2.59.